The van der Waals surface area contributed by atoms with Crippen molar-refractivity contribution in [2.24, 2.45) is 0 Å². The fraction of sp³-hybridized carbons (Fsp3) is 0. The van der Waals surface area contributed by atoms with E-state index in [0.717, 1.165) is 11.4 Å². The molecule has 0 aliphatic rings. The maximum atomic E-state index is 4.88. The van der Waals surface area contributed by atoms with Gasteiger partial charge in [-0.3, -0.25) is 9.97 Å². The highest BCUT2D eigenvalue weighted by molar-refractivity contribution is 7.71. The van der Waals surface area contributed by atoms with Crippen LogP contribution < -0.4 is 0 Å². The predicted octanol–water partition coefficient (Wildman–Crippen LogP) is 1.60. The average Bonchev–Trinajstić information content (AvgIpc) is 2.19. The van der Waals surface area contributed by atoms with E-state index >= 15 is 0 Å². The maximum absolute atomic E-state index is 4.88. The number of nitrogens with one attached hydrogen (secondary N) is 1. The summed E-state index contributed by atoms with van der Waals surface area (Å²) in [5.41, 5.74) is 1.59. The summed E-state index contributed by atoms with van der Waals surface area (Å²) < 4.78 is 0.447. The summed E-state index contributed by atoms with van der Waals surface area (Å²) in [4.78, 5) is 14.9. The van der Waals surface area contributed by atoms with E-state index in [0.29, 0.717) is 4.77 Å². The lowest BCUT2D eigenvalue weighted by molar-refractivity contribution is 1.11. The number of aromatic nitrogens is 4. The molecule has 64 valence electrons. The van der Waals surface area contributed by atoms with Gasteiger partial charge in [0.25, 0.3) is 0 Å². The minimum atomic E-state index is 0.447. The molecule has 2 aromatic heterocycles. The third-order valence-electron chi connectivity index (χ3n) is 1.51. The first kappa shape index (κ1) is 8.00. The van der Waals surface area contributed by atoms with Gasteiger partial charge in [-0.25, -0.2) is 4.98 Å². The van der Waals surface area contributed by atoms with Crippen LogP contribution in [0.4, 0.5) is 0 Å². The Morgan fingerprint density at radius 3 is 2.77 bits per heavy atom. The molecule has 13 heavy (non-hydrogen) atoms. The first-order chi connectivity index (χ1) is 6.36. The second kappa shape index (κ2) is 3.40. The highest BCUT2D eigenvalue weighted by atomic mass is 32.1. The summed E-state index contributed by atoms with van der Waals surface area (Å²) in [5.74, 6) is 0. The quantitative estimate of drug-likeness (QED) is 0.694. The first-order valence-corrected chi connectivity index (χ1v) is 4.09. The summed E-state index contributed by atoms with van der Waals surface area (Å²) in [6.45, 7) is 0. The minimum absolute atomic E-state index is 0.447. The summed E-state index contributed by atoms with van der Waals surface area (Å²) >= 11 is 4.88. The van der Waals surface area contributed by atoms with Gasteiger partial charge in [0.1, 0.15) is 5.69 Å². The van der Waals surface area contributed by atoms with Gasteiger partial charge in [-0.2, -0.15) is 0 Å². The van der Waals surface area contributed by atoms with Crippen LogP contribution >= 0.6 is 12.2 Å². The molecule has 0 fully saturated rings. The maximum Gasteiger partial charge on any atom is 0.197 e. The molecule has 5 heteroatoms. The number of hydrogen-bond acceptors (Lipinski definition) is 4. The van der Waals surface area contributed by atoms with Crippen LogP contribution in [-0.2, 0) is 0 Å². The predicted molar refractivity (Wildman–Crippen MR) is 50.4 cm³/mol. The molecule has 0 radical (unpaired) electrons. The number of rotatable bonds is 1. The van der Waals surface area contributed by atoms with Crippen LogP contribution in [0.2, 0.25) is 0 Å². The van der Waals surface area contributed by atoms with Crippen molar-refractivity contribution in [1.29, 1.82) is 0 Å². The second-order valence-corrected chi connectivity index (χ2v) is 2.77. The monoisotopic (exact) mass is 190 g/mol. The Morgan fingerprint density at radius 2 is 2.08 bits per heavy atom. The third-order valence-corrected chi connectivity index (χ3v) is 1.72. The van der Waals surface area contributed by atoms with Gasteiger partial charge in [0.2, 0.25) is 0 Å². The van der Waals surface area contributed by atoms with Crippen molar-refractivity contribution in [2.45, 2.75) is 0 Å². The molecular formula is C8H6N4S. The van der Waals surface area contributed by atoms with Gasteiger partial charge in [0, 0.05) is 18.6 Å². The van der Waals surface area contributed by atoms with Crippen LogP contribution in [0.25, 0.3) is 11.4 Å². The van der Waals surface area contributed by atoms with Gasteiger partial charge in [-0.1, -0.05) is 0 Å². The van der Waals surface area contributed by atoms with E-state index < -0.39 is 0 Å². The Bertz CT molecular complexity index is 451. The molecule has 0 bridgehead atoms. The molecule has 0 amide bonds. The number of nitrogens with zero attached hydrogens (tertiary/aromatic N) is 3. The molecule has 2 aromatic rings. The van der Waals surface area contributed by atoms with Crippen molar-refractivity contribution in [3.8, 4) is 11.4 Å². The van der Waals surface area contributed by atoms with Gasteiger partial charge in [0.15, 0.2) is 4.77 Å². The number of hydrogen-bond donors (Lipinski definition) is 1. The zero-order chi connectivity index (χ0) is 9.10. The van der Waals surface area contributed by atoms with Crippen LogP contribution in [0.5, 0.6) is 0 Å². The number of H-pyrrole nitrogens is 1. The van der Waals surface area contributed by atoms with E-state index in [1.165, 1.54) is 0 Å². The molecule has 0 saturated carbocycles. The minimum Gasteiger partial charge on any atom is -0.329 e. The first-order valence-electron chi connectivity index (χ1n) is 3.68. The normalized spacial score (nSPS) is 9.85. The molecule has 0 saturated heterocycles. The third kappa shape index (κ3) is 1.75. The molecular weight excluding hydrogens is 184 g/mol. The van der Waals surface area contributed by atoms with Gasteiger partial charge in [-0.15, -0.1) is 0 Å². The molecule has 2 heterocycles. The van der Waals surface area contributed by atoms with Crippen LogP contribution in [0.1, 0.15) is 0 Å². The average molecular weight is 190 g/mol. The molecule has 4 nitrogen and oxygen atoms in total. The van der Waals surface area contributed by atoms with E-state index in [1.54, 1.807) is 30.9 Å². The van der Waals surface area contributed by atoms with Crippen LogP contribution in [0.3, 0.4) is 0 Å². The lowest BCUT2D eigenvalue weighted by Crippen LogP contribution is -1.89. The summed E-state index contributed by atoms with van der Waals surface area (Å²) in [6.07, 6.45) is 6.56. The molecule has 0 unspecified atom stereocenters. The summed E-state index contributed by atoms with van der Waals surface area (Å²) in [5, 5.41) is 0. The van der Waals surface area contributed by atoms with Crippen LogP contribution in [0, 0.1) is 4.77 Å². The number of aromatic amines is 1. The van der Waals surface area contributed by atoms with Gasteiger partial charge in [0.05, 0.1) is 11.9 Å². The highest BCUT2D eigenvalue weighted by Gasteiger charge is 1.96. The van der Waals surface area contributed by atoms with Crippen molar-refractivity contribution < 1.29 is 0 Å². The van der Waals surface area contributed by atoms with E-state index in [9.17, 15) is 0 Å². The van der Waals surface area contributed by atoms with E-state index in [2.05, 4.69) is 19.9 Å². The second-order valence-electron chi connectivity index (χ2n) is 2.38. The van der Waals surface area contributed by atoms with Crippen LogP contribution in [-0.4, -0.2) is 19.9 Å². The smallest absolute Gasteiger partial charge is 0.197 e. The molecule has 0 atom stereocenters. The van der Waals surface area contributed by atoms with Crippen molar-refractivity contribution in [2.75, 3.05) is 0 Å². The van der Waals surface area contributed by atoms with Crippen molar-refractivity contribution >= 4 is 12.2 Å². The summed E-state index contributed by atoms with van der Waals surface area (Å²) in [6, 6.07) is 1.81. The zero-order valence-corrected chi connectivity index (χ0v) is 7.45. The van der Waals surface area contributed by atoms with Crippen LogP contribution in [0.15, 0.2) is 30.9 Å². The Labute approximate surface area is 79.7 Å². The van der Waals surface area contributed by atoms with Crippen molar-refractivity contribution in [3.63, 3.8) is 0 Å². The van der Waals surface area contributed by atoms with Crippen molar-refractivity contribution in [3.05, 3.63) is 35.6 Å². The van der Waals surface area contributed by atoms with Gasteiger partial charge >= 0.3 is 0 Å². The Kier molecular flexibility index (Phi) is 2.09. The van der Waals surface area contributed by atoms with Gasteiger partial charge < -0.3 is 4.98 Å². The fourth-order valence-electron chi connectivity index (χ4n) is 0.956. The molecule has 2 rings (SSSR count). The Balaban J connectivity index is 2.54. The van der Waals surface area contributed by atoms with Gasteiger partial charge in [-0.05, 0) is 18.3 Å². The molecule has 0 spiro atoms. The Hall–Kier alpha value is -1.62. The fourth-order valence-corrected chi connectivity index (χ4v) is 1.13. The summed E-state index contributed by atoms with van der Waals surface area (Å²) in [7, 11) is 0. The molecule has 0 aliphatic carbocycles. The lowest BCUT2D eigenvalue weighted by Gasteiger charge is -1.97. The molecule has 1 N–H and O–H groups in total. The van der Waals surface area contributed by atoms with E-state index in [1.807, 2.05) is 0 Å². The van der Waals surface area contributed by atoms with Crippen molar-refractivity contribution in [1.82, 2.24) is 19.9 Å². The zero-order valence-electron chi connectivity index (χ0n) is 6.64. The van der Waals surface area contributed by atoms with E-state index in [-0.39, 0.29) is 0 Å². The van der Waals surface area contributed by atoms with E-state index in [4.69, 9.17) is 12.2 Å². The topological polar surface area (TPSA) is 54.5 Å². The Morgan fingerprint density at radius 1 is 1.15 bits per heavy atom. The SMILES string of the molecule is S=c1nccc(-c2cnccn2)[nH]1. The largest absolute Gasteiger partial charge is 0.329 e. The molecule has 0 aliphatic heterocycles. The highest BCUT2D eigenvalue weighted by Crippen LogP contribution is 2.09. The standard InChI is InChI=1S/C8H6N4S/c13-8-11-2-1-6(12-8)7-5-9-3-4-10-7/h1-5H,(H,11,12,13). The molecule has 0 aromatic carbocycles. The lowest BCUT2D eigenvalue weighted by atomic mass is 10.3.